The highest BCUT2D eigenvalue weighted by Crippen LogP contribution is 2.29. The van der Waals surface area contributed by atoms with E-state index in [4.69, 9.17) is 0 Å². The minimum atomic E-state index is -0.0757. The van der Waals surface area contributed by atoms with Crippen molar-refractivity contribution < 1.29 is 4.39 Å². The molecule has 1 saturated carbocycles. The maximum Gasteiger partial charge on any atom is 0.136 e. The van der Waals surface area contributed by atoms with Crippen LogP contribution in [0.3, 0.4) is 0 Å². The third kappa shape index (κ3) is 4.34. The third-order valence-electron chi connectivity index (χ3n) is 3.58. The third-order valence-corrected chi connectivity index (χ3v) is 4.71. The first-order chi connectivity index (χ1) is 8.36. The number of thioether (sulfide) groups is 1. The van der Waals surface area contributed by atoms with E-state index in [0.29, 0.717) is 0 Å². The van der Waals surface area contributed by atoms with E-state index in [-0.39, 0.29) is 5.82 Å². The van der Waals surface area contributed by atoms with Gasteiger partial charge in [-0.2, -0.15) is 0 Å². The Morgan fingerprint density at radius 2 is 1.88 bits per heavy atom. The van der Waals surface area contributed by atoms with Crippen molar-refractivity contribution in [3.63, 3.8) is 0 Å². The van der Waals surface area contributed by atoms with Crippen LogP contribution in [0.5, 0.6) is 0 Å². The first-order valence-electron chi connectivity index (χ1n) is 6.73. The van der Waals surface area contributed by atoms with Gasteiger partial charge in [-0.25, -0.2) is 4.39 Å². The predicted octanol–water partition coefficient (Wildman–Crippen LogP) is 5.28. The van der Waals surface area contributed by atoms with E-state index in [1.165, 1.54) is 44.9 Å². The molecular weight excluding hydrogens is 231 g/mol. The molecule has 0 saturated heterocycles. The lowest BCUT2D eigenvalue weighted by Gasteiger charge is -2.08. The molecule has 0 nitrogen and oxygen atoms in total. The number of halogens is 1. The largest absolute Gasteiger partial charge is 0.206 e. The fourth-order valence-corrected chi connectivity index (χ4v) is 3.53. The lowest BCUT2D eigenvalue weighted by atomic mass is 10.0. The Labute approximate surface area is 108 Å². The number of rotatable bonds is 6. The van der Waals surface area contributed by atoms with Gasteiger partial charge in [0.25, 0.3) is 0 Å². The molecule has 1 aliphatic carbocycles. The van der Waals surface area contributed by atoms with Crippen molar-refractivity contribution in [2.24, 2.45) is 5.92 Å². The summed E-state index contributed by atoms with van der Waals surface area (Å²) < 4.78 is 13.3. The van der Waals surface area contributed by atoms with Gasteiger partial charge in [-0.1, -0.05) is 50.7 Å². The van der Waals surface area contributed by atoms with Crippen LogP contribution in [0.2, 0.25) is 0 Å². The second-order valence-corrected chi connectivity index (χ2v) is 6.06. The van der Waals surface area contributed by atoms with Crippen molar-refractivity contribution in [1.82, 2.24) is 0 Å². The zero-order valence-corrected chi connectivity index (χ0v) is 11.1. The monoisotopic (exact) mass is 252 g/mol. The summed E-state index contributed by atoms with van der Waals surface area (Å²) in [5.74, 6) is 1.97. The van der Waals surface area contributed by atoms with Crippen LogP contribution >= 0.6 is 11.8 Å². The zero-order chi connectivity index (χ0) is 11.9. The van der Waals surface area contributed by atoms with Gasteiger partial charge in [0.2, 0.25) is 0 Å². The van der Waals surface area contributed by atoms with E-state index in [1.807, 2.05) is 12.1 Å². The molecule has 1 aliphatic rings. The molecule has 0 atom stereocenters. The number of hydrogen-bond acceptors (Lipinski definition) is 1. The molecule has 2 rings (SSSR count). The topological polar surface area (TPSA) is 0 Å². The lowest BCUT2D eigenvalue weighted by Crippen LogP contribution is -1.93. The highest BCUT2D eigenvalue weighted by molar-refractivity contribution is 7.99. The van der Waals surface area contributed by atoms with Crippen molar-refractivity contribution in [3.05, 3.63) is 30.1 Å². The SMILES string of the molecule is Fc1ccccc1SCCCCC1CCCC1. The van der Waals surface area contributed by atoms with E-state index in [1.54, 1.807) is 23.9 Å². The molecule has 1 aromatic rings. The van der Waals surface area contributed by atoms with Crippen LogP contribution in [0, 0.1) is 11.7 Å². The van der Waals surface area contributed by atoms with E-state index < -0.39 is 0 Å². The second kappa shape index (κ2) is 7.05. The smallest absolute Gasteiger partial charge is 0.136 e. The lowest BCUT2D eigenvalue weighted by molar-refractivity contribution is 0.481. The Morgan fingerprint density at radius 3 is 2.65 bits per heavy atom. The summed E-state index contributed by atoms with van der Waals surface area (Å²) >= 11 is 1.65. The first kappa shape index (κ1) is 12.9. The van der Waals surface area contributed by atoms with Crippen molar-refractivity contribution in [3.8, 4) is 0 Å². The van der Waals surface area contributed by atoms with Crippen LogP contribution in [0.25, 0.3) is 0 Å². The van der Waals surface area contributed by atoms with Crippen molar-refractivity contribution >= 4 is 11.8 Å². The highest BCUT2D eigenvalue weighted by Gasteiger charge is 2.13. The Morgan fingerprint density at radius 1 is 1.12 bits per heavy atom. The summed E-state index contributed by atoms with van der Waals surface area (Å²) in [6.07, 6.45) is 9.68. The molecule has 0 radical (unpaired) electrons. The summed E-state index contributed by atoms with van der Waals surface area (Å²) in [5.41, 5.74) is 0. The van der Waals surface area contributed by atoms with Crippen molar-refractivity contribution in [1.29, 1.82) is 0 Å². The maximum atomic E-state index is 13.3. The van der Waals surface area contributed by atoms with Gasteiger partial charge < -0.3 is 0 Å². The van der Waals surface area contributed by atoms with Gasteiger partial charge in [0.15, 0.2) is 0 Å². The van der Waals surface area contributed by atoms with Crippen molar-refractivity contribution in [2.75, 3.05) is 5.75 Å². The van der Waals surface area contributed by atoms with Crippen molar-refractivity contribution in [2.45, 2.75) is 49.8 Å². The van der Waals surface area contributed by atoms with Crippen LogP contribution in [0.15, 0.2) is 29.2 Å². The average molecular weight is 252 g/mol. The molecule has 0 N–H and O–H groups in total. The van der Waals surface area contributed by atoms with E-state index >= 15 is 0 Å². The fourth-order valence-electron chi connectivity index (χ4n) is 2.58. The van der Waals surface area contributed by atoms with E-state index in [9.17, 15) is 4.39 Å². The van der Waals surface area contributed by atoms with Crippen LogP contribution in [0.1, 0.15) is 44.9 Å². The molecule has 1 fully saturated rings. The summed E-state index contributed by atoms with van der Waals surface area (Å²) in [4.78, 5) is 0.799. The molecule has 0 amide bonds. The van der Waals surface area contributed by atoms with Crippen LogP contribution in [-0.4, -0.2) is 5.75 Å². The molecule has 0 spiro atoms. The summed E-state index contributed by atoms with van der Waals surface area (Å²) in [6, 6.07) is 7.07. The highest BCUT2D eigenvalue weighted by atomic mass is 32.2. The standard InChI is InChI=1S/C15H21FS/c16-14-10-3-4-11-15(14)17-12-6-5-9-13-7-1-2-8-13/h3-4,10-11,13H,1-2,5-9,12H2. The first-order valence-corrected chi connectivity index (χ1v) is 7.72. The maximum absolute atomic E-state index is 13.3. The van der Waals surface area contributed by atoms with Gasteiger partial charge in [-0.3, -0.25) is 0 Å². The summed E-state index contributed by atoms with van der Waals surface area (Å²) in [7, 11) is 0. The van der Waals surface area contributed by atoms with E-state index in [0.717, 1.165) is 16.6 Å². The molecule has 0 bridgehead atoms. The Balaban J connectivity index is 1.58. The molecule has 0 unspecified atom stereocenters. The predicted molar refractivity (Wildman–Crippen MR) is 72.9 cm³/mol. The second-order valence-electron chi connectivity index (χ2n) is 4.93. The van der Waals surface area contributed by atoms with Crippen LogP contribution in [0.4, 0.5) is 4.39 Å². The molecule has 0 aliphatic heterocycles. The van der Waals surface area contributed by atoms with E-state index in [2.05, 4.69) is 0 Å². The van der Waals surface area contributed by atoms with Gasteiger partial charge in [0.1, 0.15) is 5.82 Å². The number of benzene rings is 1. The molecule has 0 aromatic heterocycles. The Hall–Kier alpha value is -0.500. The van der Waals surface area contributed by atoms with Gasteiger partial charge in [0, 0.05) is 4.90 Å². The molecule has 17 heavy (non-hydrogen) atoms. The van der Waals surface area contributed by atoms with Gasteiger partial charge in [0.05, 0.1) is 0 Å². The van der Waals surface area contributed by atoms with Gasteiger partial charge >= 0.3 is 0 Å². The quantitative estimate of drug-likeness (QED) is 0.490. The summed E-state index contributed by atoms with van der Waals surface area (Å²) in [5, 5.41) is 0. The Kier molecular flexibility index (Phi) is 5.37. The molecule has 2 heteroatoms. The Bertz CT molecular complexity index is 331. The minimum Gasteiger partial charge on any atom is -0.206 e. The van der Waals surface area contributed by atoms with Crippen LogP contribution < -0.4 is 0 Å². The molecule has 0 heterocycles. The summed E-state index contributed by atoms with van der Waals surface area (Å²) in [6.45, 7) is 0. The number of unbranched alkanes of at least 4 members (excludes halogenated alkanes) is 1. The fraction of sp³-hybridized carbons (Fsp3) is 0.600. The van der Waals surface area contributed by atoms with Gasteiger partial charge in [-0.05, 0) is 30.2 Å². The van der Waals surface area contributed by atoms with Gasteiger partial charge in [-0.15, -0.1) is 11.8 Å². The molecular formula is C15H21FS. The molecule has 1 aromatic carbocycles. The number of hydrogen-bond donors (Lipinski definition) is 0. The molecule has 94 valence electrons. The van der Waals surface area contributed by atoms with Crippen LogP contribution in [-0.2, 0) is 0 Å². The average Bonchev–Trinajstić information content (AvgIpc) is 2.84. The minimum absolute atomic E-state index is 0.0757. The normalized spacial score (nSPS) is 16.5. The zero-order valence-electron chi connectivity index (χ0n) is 10.3.